The quantitative estimate of drug-likeness (QED) is 0.779. The Morgan fingerprint density at radius 3 is 2.48 bits per heavy atom. The van der Waals surface area contributed by atoms with Gasteiger partial charge < -0.3 is 19.5 Å². The maximum atomic E-state index is 6.25. The lowest BCUT2D eigenvalue weighted by molar-refractivity contribution is 0.331. The number of benzene rings is 2. The third-order valence-electron chi connectivity index (χ3n) is 3.18. The molecule has 0 spiro atoms. The molecule has 5 heteroatoms. The first-order valence-electron chi connectivity index (χ1n) is 6.98. The molecule has 0 aromatic heterocycles. The Bertz CT molecular complexity index is 693. The smallest absolute Gasteiger partial charge is 0.181 e. The topological polar surface area (TPSA) is 39.7 Å². The third-order valence-corrected chi connectivity index (χ3v) is 3.46. The standard InChI is InChI=1S/C18H18ClNO3/c1-4-9-23-18-16(19)10-13(11-17(18)22-3)12-20-14-5-7-15(21-2)8-6-14/h1,5-8,10-11,20H,9,12H2,2-3H3. The Hall–Kier alpha value is -2.51. The number of rotatable bonds is 7. The second-order valence-corrected chi connectivity index (χ2v) is 5.09. The summed E-state index contributed by atoms with van der Waals surface area (Å²) in [5.41, 5.74) is 1.95. The van der Waals surface area contributed by atoms with Crippen LogP contribution in [-0.2, 0) is 6.54 Å². The number of anilines is 1. The molecule has 0 unspecified atom stereocenters. The van der Waals surface area contributed by atoms with Crippen LogP contribution in [-0.4, -0.2) is 20.8 Å². The normalized spacial score (nSPS) is 9.83. The number of ether oxygens (including phenoxy) is 3. The SMILES string of the molecule is C#CCOc1c(Cl)cc(CNc2ccc(OC)cc2)cc1OC. The summed E-state index contributed by atoms with van der Waals surface area (Å²) in [5, 5.41) is 3.77. The fourth-order valence-electron chi connectivity index (χ4n) is 2.04. The summed E-state index contributed by atoms with van der Waals surface area (Å²) in [5.74, 6) is 4.23. The summed E-state index contributed by atoms with van der Waals surface area (Å²) in [6.45, 7) is 0.733. The van der Waals surface area contributed by atoms with Gasteiger partial charge >= 0.3 is 0 Å². The van der Waals surface area contributed by atoms with Gasteiger partial charge in [0.25, 0.3) is 0 Å². The Morgan fingerprint density at radius 1 is 1.13 bits per heavy atom. The minimum Gasteiger partial charge on any atom is -0.497 e. The van der Waals surface area contributed by atoms with Crippen LogP contribution >= 0.6 is 11.6 Å². The van der Waals surface area contributed by atoms with Gasteiger partial charge in [-0.1, -0.05) is 17.5 Å². The van der Waals surface area contributed by atoms with Gasteiger partial charge in [0.15, 0.2) is 11.5 Å². The molecule has 0 aliphatic heterocycles. The Morgan fingerprint density at radius 2 is 1.87 bits per heavy atom. The molecule has 0 fully saturated rings. The molecule has 0 aliphatic carbocycles. The van der Waals surface area contributed by atoms with Gasteiger partial charge in [-0.05, 0) is 42.0 Å². The number of hydrogen-bond acceptors (Lipinski definition) is 4. The molecule has 2 aromatic carbocycles. The van der Waals surface area contributed by atoms with Crippen molar-refractivity contribution in [3.05, 3.63) is 47.0 Å². The van der Waals surface area contributed by atoms with E-state index >= 15 is 0 Å². The van der Waals surface area contributed by atoms with Gasteiger partial charge in [-0.3, -0.25) is 0 Å². The minimum absolute atomic E-state index is 0.138. The van der Waals surface area contributed by atoms with Gasteiger partial charge in [-0.25, -0.2) is 0 Å². The van der Waals surface area contributed by atoms with Gasteiger partial charge in [0.05, 0.1) is 19.2 Å². The molecule has 0 heterocycles. The number of methoxy groups -OCH3 is 2. The van der Waals surface area contributed by atoms with Crippen molar-refractivity contribution >= 4 is 17.3 Å². The molecule has 0 bridgehead atoms. The van der Waals surface area contributed by atoms with E-state index < -0.39 is 0 Å². The van der Waals surface area contributed by atoms with Gasteiger partial charge in [0, 0.05) is 12.2 Å². The Balaban J connectivity index is 2.10. The highest BCUT2D eigenvalue weighted by molar-refractivity contribution is 6.32. The van der Waals surface area contributed by atoms with Crippen LogP contribution in [0.3, 0.4) is 0 Å². The number of hydrogen-bond donors (Lipinski definition) is 1. The second-order valence-electron chi connectivity index (χ2n) is 4.68. The van der Waals surface area contributed by atoms with Crippen LogP contribution in [0.15, 0.2) is 36.4 Å². The highest BCUT2D eigenvalue weighted by Gasteiger charge is 2.11. The van der Waals surface area contributed by atoms with Crippen molar-refractivity contribution in [2.75, 3.05) is 26.1 Å². The molecular weight excluding hydrogens is 314 g/mol. The molecule has 0 atom stereocenters. The van der Waals surface area contributed by atoms with Gasteiger partial charge in [-0.2, -0.15) is 0 Å². The third kappa shape index (κ3) is 4.48. The van der Waals surface area contributed by atoms with Crippen LogP contribution in [0.2, 0.25) is 5.02 Å². The first kappa shape index (κ1) is 16.9. The van der Waals surface area contributed by atoms with E-state index in [0.717, 1.165) is 17.0 Å². The van der Waals surface area contributed by atoms with Crippen molar-refractivity contribution in [1.82, 2.24) is 0 Å². The summed E-state index contributed by atoms with van der Waals surface area (Å²) in [6, 6.07) is 11.4. The van der Waals surface area contributed by atoms with E-state index in [1.54, 1.807) is 14.2 Å². The van der Waals surface area contributed by atoms with Crippen LogP contribution in [0, 0.1) is 12.3 Å². The van der Waals surface area contributed by atoms with E-state index in [0.29, 0.717) is 23.1 Å². The summed E-state index contributed by atoms with van der Waals surface area (Å²) in [7, 11) is 3.20. The lowest BCUT2D eigenvalue weighted by Crippen LogP contribution is -2.02. The maximum absolute atomic E-state index is 6.25. The molecule has 4 nitrogen and oxygen atoms in total. The van der Waals surface area contributed by atoms with Gasteiger partial charge in [0.2, 0.25) is 0 Å². The maximum Gasteiger partial charge on any atom is 0.181 e. The monoisotopic (exact) mass is 331 g/mol. The van der Waals surface area contributed by atoms with E-state index in [-0.39, 0.29) is 6.61 Å². The van der Waals surface area contributed by atoms with Crippen LogP contribution in [0.4, 0.5) is 5.69 Å². The molecule has 23 heavy (non-hydrogen) atoms. The first-order chi connectivity index (χ1) is 11.2. The average Bonchev–Trinajstić information content (AvgIpc) is 2.59. The first-order valence-corrected chi connectivity index (χ1v) is 7.36. The fraction of sp³-hybridized carbons (Fsp3) is 0.222. The summed E-state index contributed by atoms with van der Waals surface area (Å²) in [4.78, 5) is 0. The molecule has 0 aliphatic rings. The molecule has 2 rings (SSSR count). The number of nitrogens with one attached hydrogen (secondary N) is 1. The zero-order valence-electron chi connectivity index (χ0n) is 13.1. The van der Waals surface area contributed by atoms with Gasteiger partial charge in [0.1, 0.15) is 12.4 Å². The van der Waals surface area contributed by atoms with E-state index in [1.807, 2.05) is 36.4 Å². The van der Waals surface area contributed by atoms with Crippen molar-refractivity contribution in [3.63, 3.8) is 0 Å². The van der Waals surface area contributed by atoms with E-state index in [9.17, 15) is 0 Å². The van der Waals surface area contributed by atoms with Crippen molar-refractivity contribution in [2.45, 2.75) is 6.54 Å². The molecule has 120 valence electrons. The summed E-state index contributed by atoms with van der Waals surface area (Å²) < 4.78 is 15.9. The van der Waals surface area contributed by atoms with Crippen LogP contribution in [0.25, 0.3) is 0 Å². The molecule has 0 saturated heterocycles. The van der Waals surface area contributed by atoms with Crippen molar-refractivity contribution < 1.29 is 14.2 Å². The number of terminal acetylenes is 1. The van der Waals surface area contributed by atoms with Crippen molar-refractivity contribution in [1.29, 1.82) is 0 Å². The van der Waals surface area contributed by atoms with E-state index in [1.165, 1.54) is 0 Å². The lowest BCUT2D eigenvalue weighted by atomic mass is 10.2. The molecule has 0 radical (unpaired) electrons. The summed E-state index contributed by atoms with van der Waals surface area (Å²) >= 11 is 6.25. The molecule has 0 amide bonds. The number of halogens is 1. The van der Waals surface area contributed by atoms with E-state index in [2.05, 4.69) is 11.2 Å². The predicted molar refractivity (Wildman–Crippen MR) is 92.7 cm³/mol. The molecule has 2 aromatic rings. The molecular formula is C18H18ClNO3. The second kappa shape index (κ2) is 8.21. The molecule has 1 N–H and O–H groups in total. The summed E-state index contributed by atoms with van der Waals surface area (Å²) in [6.07, 6.45) is 5.20. The highest BCUT2D eigenvalue weighted by Crippen LogP contribution is 2.36. The average molecular weight is 332 g/mol. The predicted octanol–water partition coefficient (Wildman–Crippen LogP) is 3.98. The van der Waals surface area contributed by atoms with Crippen LogP contribution in [0.5, 0.6) is 17.2 Å². The largest absolute Gasteiger partial charge is 0.497 e. The highest BCUT2D eigenvalue weighted by atomic mass is 35.5. The Kier molecular flexibility index (Phi) is 6.02. The van der Waals surface area contributed by atoms with Crippen molar-refractivity contribution in [2.24, 2.45) is 0 Å². The van der Waals surface area contributed by atoms with Crippen LogP contribution < -0.4 is 19.5 Å². The Labute approximate surface area is 141 Å². The zero-order chi connectivity index (χ0) is 16.7. The minimum atomic E-state index is 0.138. The van der Waals surface area contributed by atoms with Crippen LogP contribution in [0.1, 0.15) is 5.56 Å². The van der Waals surface area contributed by atoms with Gasteiger partial charge in [-0.15, -0.1) is 6.42 Å². The molecule has 0 saturated carbocycles. The van der Waals surface area contributed by atoms with Crippen molar-refractivity contribution in [3.8, 4) is 29.6 Å². The van der Waals surface area contributed by atoms with E-state index in [4.69, 9.17) is 32.2 Å². The lowest BCUT2D eigenvalue weighted by Gasteiger charge is -2.14. The fourth-order valence-corrected chi connectivity index (χ4v) is 2.33. The zero-order valence-corrected chi connectivity index (χ0v) is 13.8.